The molecule has 0 spiro atoms. The van der Waals surface area contributed by atoms with Crippen molar-refractivity contribution in [2.75, 3.05) is 0 Å². The number of hydrazone groups is 1. The van der Waals surface area contributed by atoms with Crippen molar-refractivity contribution >= 4 is 28.6 Å². The minimum absolute atomic E-state index is 0.0920. The van der Waals surface area contributed by atoms with E-state index in [1.54, 1.807) is 13.1 Å². The molecule has 0 saturated carbocycles. The summed E-state index contributed by atoms with van der Waals surface area (Å²) in [6.07, 6.45) is 1.56. The maximum atomic E-state index is 12.2. The van der Waals surface area contributed by atoms with Crippen LogP contribution in [0, 0.1) is 17.0 Å². The van der Waals surface area contributed by atoms with Gasteiger partial charge < -0.3 is 0 Å². The van der Waals surface area contributed by atoms with E-state index in [4.69, 9.17) is 0 Å². The Kier molecular flexibility index (Phi) is 4.52. The first kappa shape index (κ1) is 16.3. The van der Waals surface area contributed by atoms with Crippen LogP contribution in [0.4, 0.5) is 5.69 Å². The molecule has 0 aliphatic heterocycles. The lowest BCUT2D eigenvalue weighted by atomic mass is 10.1. The van der Waals surface area contributed by atoms with E-state index in [0.29, 0.717) is 5.56 Å². The van der Waals surface area contributed by atoms with Crippen LogP contribution in [-0.2, 0) is 0 Å². The summed E-state index contributed by atoms with van der Waals surface area (Å²) in [4.78, 5) is 22.7. The van der Waals surface area contributed by atoms with Gasteiger partial charge in [-0.05, 0) is 23.8 Å². The number of hydrogen-bond acceptors (Lipinski definition) is 4. The second-order valence-corrected chi connectivity index (χ2v) is 5.47. The molecule has 0 unspecified atom stereocenters. The largest absolute Gasteiger partial charge is 0.273 e. The standard InChI is InChI=1S/C19H15N3O3/c1-13-16(10-5-11-18(13)22(24)25)19(23)21-20-12-15-8-4-7-14-6-2-3-9-17(14)15/h2-12H,1H3,(H,21,23)/b20-12-. The lowest BCUT2D eigenvalue weighted by Crippen LogP contribution is -2.19. The maximum absolute atomic E-state index is 12.2. The van der Waals surface area contributed by atoms with Crippen molar-refractivity contribution in [1.29, 1.82) is 0 Å². The Morgan fingerprint density at radius 2 is 1.80 bits per heavy atom. The van der Waals surface area contributed by atoms with Gasteiger partial charge in [0.2, 0.25) is 0 Å². The highest BCUT2D eigenvalue weighted by atomic mass is 16.6. The second kappa shape index (κ2) is 6.92. The molecule has 0 fully saturated rings. The van der Waals surface area contributed by atoms with Gasteiger partial charge in [0.05, 0.1) is 16.7 Å². The summed E-state index contributed by atoms with van der Waals surface area (Å²) >= 11 is 0. The highest BCUT2D eigenvalue weighted by Gasteiger charge is 2.17. The summed E-state index contributed by atoms with van der Waals surface area (Å²) in [7, 11) is 0. The number of nitro benzene ring substituents is 1. The first-order valence-electron chi connectivity index (χ1n) is 7.63. The van der Waals surface area contributed by atoms with Crippen LogP contribution in [0.1, 0.15) is 21.5 Å². The van der Waals surface area contributed by atoms with Crippen LogP contribution in [0.25, 0.3) is 10.8 Å². The van der Waals surface area contributed by atoms with Gasteiger partial charge in [0.15, 0.2) is 0 Å². The Morgan fingerprint density at radius 1 is 1.08 bits per heavy atom. The first-order valence-corrected chi connectivity index (χ1v) is 7.63. The van der Waals surface area contributed by atoms with Gasteiger partial charge in [-0.1, -0.05) is 48.5 Å². The van der Waals surface area contributed by atoms with Crippen molar-refractivity contribution in [2.45, 2.75) is 6.92 Å². The summed E-state index contributed by atoms with van der Waals surface area (Å²) in [6, 6.07) is 18.1. The number of nitrogens with zero attached hydrogens (tertiary/aromatic N) is 2. The molecule has 6 heteroatoms. The molecule has 124 valence electrons. The maximum Gasteiger partial charge on any atom is 0.273 e. The van der Waals surface area contributed by atoms with Crippen molar-refractivity contribution in [2.24, 2.45) is 5.10 Å². The predicted molar refractivity (Wildman–Crippen MR) is 96.8 cm³/mol. The highest BCUT2D eigenvalue weighted by Crippen LogP contribution is 2.21. The highest BCUT2D eigenvalue weighted by molar-refractivity contribution is 6.01. The minimum atomic E-state index is -0.508. The van der Waals surface area contributed by atoms with Crippen LogP contribution < -0.4 is 5.43 Å². The molecule has 0 aromatic heterocycles. The van der Waals surface area contributed by atoms with Crippen LogP contribution >= 0.6 is 0 Å². The molecule has 3 aromatic rings. The third-order valence-corrected chi connectivity index (χ3v) is 3.94. The number of nitrogens with one attached hydrogen (secondary N) is 1. The number of fused-ring (bicyclic) bond motifs is 1. The molecular weight excluding hydrogens is 318 g/mol. The average Bonchev–Trinajstić information content (AvgIpc) is 2.61. The van der Waals surface area contributed by atoms with E-state index < -0.39 is 10.8 Å². The molecule has 0 atom stereocenters. The van der Waals surface area contributed by atoms with E-state index in [1.165, 1.54) is 18.2 Å². The lowest BCUT2D eigenvalue weighted by Gasteiger charge is -2.05. The number of rotatable bonds is 4. The predicted octanol–water partition coefficient (Wildman–Crippen LogP) is 3.82. The van der Waals surface area contributed by atoms with Crippen LogP contribution in [0.2, 0.25) is 0 Å². The van der Waals surface area contributed by atoms with E-state index in [9.17, 15) is 14.9 Å². The van der Waals surface area contributed by atoms with Crippen molar-refractivity contribution < 1.29 is 9.72 Å². The summed E-state index contributed by atoms with van der Waals surface area (Å²) in [5.74, 6) is -0.488. The SMILES string of the molecule is Cc1c(C(=O)N/N=C\c2cccc3ccccc23)cccc1[N+](=O)[O-]. The van der Waals surface area contributed by atoms with E-state index in [0.717, 1.165) is 16.3 Å². The van der Waals surface area contributed by atoms with Crippen molar-refractivity contribution in [3.05, 3.63) is 87.5 Å². The molecule has 0 heterocycles. The van der Waals surface area contributed by atoms with Crippen LogP contribution in [0.5, 0.6) is 0 Å². The van der Waals surface area contributed by atoms with Crippen LogP contribution in [0.3, 0.4) is 0 Å². The normalized spacial score (nSPS) is 10.9. The smallest absolute Gasteiger partial charge is 0.267 e. The van der Waals surface area contributed by atoms with Crippen LogP contribution in [0.15, 0.2) is 65.8 Å². The Morgan fingerprint density at radius 3 is 2.60 bits per heavy atom. The van der Waals surface area contributed by atoms with Gasteiger partial charge in [-0.15, -0.1) is 0 Å². The van der Waals surface area contributed by atoms with Crippen molar-refractivity contribution in [3.8, 4) is 0 Å². The minimum Gasteiger partial charge on any atom is -0.267 e. The van der Waals surface area contributed by atoms with Gasteiger partial charge in [0, 0.05) is 17.2 Å². The average molecular weight is 333 g/mol. The van der Waals surface area contributed by atoms with E-state index >= 15 is 0 Å². The summed E-state index contributed by atoms with van der Waals surface area (Å²) in [5.41, 5.74) is 3.74. The fourth-order valence-corrected chi connectivity index (χ4v) is 2.65. The molecule has 0 radical (unpaired) electrons. The molecule has 3 rings (SSSR count). The topological polar surface area (TPSA) is 84.6 Å². The van der Waals surface area contributed by atoms with E-state index in [2.05, 4.69) is 10.5 Å². The molecule has 1 N–H and O–H groups in total. The first-order chi connectivity index (χ1) is 12.1. The number of nitro groups is 1. The van der Waals surface area contributed by atoms with Crippen molar-refractivity contribution in [3.63, 3.8) is 0 Å². The lowest BCUT2D eigenvalue weighted by molar-refractivity contribution is -0.385. The number of carbonyl (C=O) groups excluding carboxylic acids is 1. The van der Waals surface area contributed by atoms with Gasteiger partial charge >= 0.3 is 0 Å². The Labute approximate surface area is 143 Å². The monoisotopic (exact) mass is 333 g/mol. The van der Waals surface area contributed by atoms with Crippen LogP contribution in [-0.4, -0.2) is 17.0 Å². The fourth-order valence-electron chi connectivity index (χ4n) is 2.65. The third-order valence-electron chi connectivity index (χ3n) is 3.94. The Hall–Kier alpha value is -3.54. The van der Waals surface area contributed by atoms with Gasteiger partial charge in [-0.3, -0.25) is 14.9 Å². The summed E-state index contributed by atoms with van der Waals surface area (Å²) in [5, 5.41) is 17.1. The Balaban J connectivity index is 1.82. The van der Waals surface area contributed by atoms with Gasteiger partial charge in [-0.25, -0.2) is 5.43 Å². The van der Waals surface area contributed by atoms with Crippen molar-refractivity contribution in [1.82, 2.24) is 5.43 Å². The summed E-state index contributed by atoms with van der Waals surface area (Å²) in [6.45, 7) is 1.54. The van der Waals surface area contributed by atoms with E-state index in [1.807, 2.05) is 42.5 Å². The molecule has 0 aliphatic rings. The second-order valence-electron chi connectivity index (χ2n) is 5.47. The molecule has 3 aromatic carbocycles. The summed E-state index contributed by atoms with van der Waals surface area (Å²) < 4.78 is 0. The zero-order valence-corrected chi connectivity index (χ0v) is 13.5. The molecular formula is C19H15N3O3. The van der Waals surface area contributed by atoms with Gasteiger partial charge in [0.25, 0.3) is 11.6 Å². The molecule has 0 bridgehead atoms. The number of hydrogen-bond donors (Lipinski definition) is 1. The quantitative estimate of drug-likeness (QED) is 0.447. The molecule has 25 heavy (non-hydrogen) atoms. The van der Waals surface area contributed by atoms with Gasteiger partial charge in [-0.2, -0.15) is 5.10 Å². The molecule has 0 aliphatic carbocycles. The zero-order chi connectivity index (χ0) is 17.8. The Bertz CT molecular complexity index is 991. The number of benzene rings is 3. The van der Waals surface area contributed by atoms with E-state index in [-0.39, 0.29) is 11.3 Å². The molecule has 6 nitrogen and oxygen atoms in total. The third kappa shape index (κ3) is 3.37. The molecule has 1 amide bonds. The molecule has 0 saturated heterocycles. The zero-order valence-electron chi connectivity index (χ0n) is 13.5. The fraction of sp³-hybridized carbons (Fsp3) is 0.0526. The number of carbonyl (C=O) groups is 1. The number of amides is 1. The van der Waals surface area contributed by atoms with Gasteiger partial charge in [0.1, 0.15) is 0 Å².